The molecule has 0 bridgehead atoms. The Balaban J connectivity index is 0.000001000. The maximum atomic E-state index is 4.44. The molecule has 0 amide bonds. The third-order valence-corrected chi connectivity index (χ3v) is 1.94. The molecule has 1 aliphatic heterocycles. The minimum atomic E-state index is 0. The van der Waals surface area contributed by atoms with Gasteiger partial charge in [-0.25, -0.2) is 0 Å². The van der Waals surface area contributed by atoms with E-state index >= 15 is 0 Å². The van der Waals surface area contributed by atoms with Crippen LogP contribution in [0.25, 0.3) is 0 Å². The van der Waals surface area contributed by atoms with Crippen LogP contribution in [0.4, 0.5) is 0 Å². The molecule has 1 aliphatic rings. The average molecular weight is 156 g/mol. The molecule has 0 fully saturated rings. The van der Waals surface area contributed by atoms with Crippen molar-refractivity contribution in [2.75, 3.05) is 19.6 Å². The Morgan fingerprint density at radius 2 is 2.18 bits per heavy atom. The number of amidine groups is 1. The summed E-state index contributed by atoms with van der Waals surface area (Å²) in [6.45, 7) is 7.73. The van der Waals surface area contributed by atoms with Gasteiger partial charge in [-0.05, 0) is 13.3 Å². The van der Waals surface area contributed by atoms with E-state index < -0.39 is 0 Å². The third kappa shape index (κ3) is 2.52. The lowest BCUT2D eigenvalue weighted by atomic mass is 10.2. The Morgan fingerprint density at radius 3 is 2.64 bits per heavy atom. The highest BCUT2D eigenvalue weighted by Gasteiger charge is 2.09. The van der Waals surface area contributed by atoms with Gasteiger partial charge in [-0.2, -0.15) is 0 Å². The molecule has 1 heterocycles. The van der Waals surface area contributed by atoms with Gasteiger partial charge in [-0.3, -0.25) is 4.99 Å². The van der Waals surface area contributed by atoms with Gasteiger partial charge in [0, 0.05) is 26.1 Å². The van der Waals surface area contributed by atoms with Crippen molar-refractivity contribution < 1.29 is 0 Å². The van der Waals surface area contributed by atoms with Gasteiger partial charge in [0.05, 0.1) is 5.84 Å². The van der Waals surface area contributed by atoms with Crippen molar-refractivity contribution >= 4 is 5.84 Å². The summed E-state index contributed by atoms with van der Waals surface area (Å²) in [6.07, 6.45) is 2.32. The Kier molecular flexibility index (Phi) is 4.92. The van der Waals surface area contributed by atoms with Crippen molar-refractivity contribution in [2.45, 2.75) is 34.1 Å². The van der Waals surface area contributed by atoms with Crippen LogP contribution in [0.5, 0.6) is 0 Å². The Morgan fingerprint density at radius 1 is 1.45 bits per heavy atom. The largest absolute Gasteiger partial charge is 0.361 e. The summed E-state index contributed by atoms with van der Waals surface area (Å²) in [5.74, 6) is 1.30. The molecule has 0 unspecified atom stereocenters. The van der Waals surface area contributed by atoms with Crippen LogP contribution in [0, 0.1) is 0 Å². The van der Waals surface area contributed by atoms with E-state index in [4.69, 9.17) is 0 Å². The van der Waals surface area contributed by atoms with E-state index in [0.29, 0.717) is 0 Å². The van der Waals surface area contributed by atoms with Gasteiger partial charge in [0.25, 0.3) is 0 Å². The number of hydrogen-bond donors (Lipinski definition) is 0. The van der Waals surface area contributed by atoms with Crippen LogP contribution in [-0.2, 0) is 0 Å². The molecule has 2 nitrogen and oxygen atoms in total. The van der Waals surface area contributed by atoms with Gasteiger partial charge in [-0.15, -0.1) is 0 Å². The average Bonchev–Trinajstić information content (AvgIpc) is 2.04. The van der Waals surface area contributed by atoms with E-state index in [9.17, 15) is 0 Å². The SMILES string of the molecule is C.CCC1=NCCCN1CC. The second-order valence-corrected chi connectivity index (χ2v) is 2.58. The second-order valence-electron chi connectivity index (χ2n) is 2.58. The Labute approximate surface area is 70.3 Å². The number of nitrogens with zero attached hydrogens (tertiary/aromatic N) is 2. The summed E-state index contributed by atoms with van der Waals surface area (Å²) in [6, 6.07) is 0. The highest BCUT2D eigenvalue weighted by atomic mass is 15.2. The van der Waals surface area contributed by atoms with Crippen LogP contribution in [-0.4, -0.2) is 30.4 Å². The minimum absolute atomic E-state index is 0. The van der Waals surface area contributed by atoms with Gasteiger partial charge >= 0.3 is 0 Å². The number of aliphatic imine (C=N–C) groups is 1. The smallest absolute Gasteiger partial charge is 0.0986 e. The normalized spacial score (nSPS) is 17.3. The van der Waals surface area contributed by atoms with Crippen LogP contribution in [0.2, 0.25) is 0 Å². The topological polar surface area (TPSA) is 15.6 Å². The highest BCUT2D eigenvalue weighted by molar-refractivity contribution is 5.82. The summed E-state index contributed by atoms with van der Waals surface area (Å²) in [4.78, 5) is 6.81. The fourth-order valence-electron chi connectivity index (χ4n) is 1.37. The molecule has 0 saturated heterocycles. The van der Waals surface area contributed by atoms with Crippen molar-refractivity contribution in [1.82, 2.24) is 4.90 Å². The van der Waals surface area contributed by atoms with E-state index in [-0.39, 0.29) is 7.43 Å². The van der Waals surface area contributed by atoms with Gasteiger partial charge in [0.2, 0.25) is 0 Å². The number of hydrogen-bond acceptors (Lipinski definition) is 2. The fourth-order valence-corrected chi connectivity index (χ4v) is 1.37. The zero-order chi connectivity index (χ0) is 7.40. The zero-order valence-electron chi connectivity index (χ0n) is 6.93. The van der Waals surface area contributed by atoms with Crippen LogP contribution < -0.4 is 0 Å². The van der Waals surface area contributed by atoms with Crippen molar-refractivity contribution in [1.29, 1.82) is 0 Å². The predicted molar refractivity (Wildman–Crippen MR) is 51.2 cm³/mol. The lowest BCUT2D eigenvalue weighted by molar-refractivity contribution is 0.405. The van der Waals surface area contributed by atoms with Gasteiger partial charge in [0.1, 0.15) is 0 Å². The summed E-state index contributed by atoms with van der Waals surface area (Å²) in [5, 5.41) is 0. The quantitative estimate of drug-likeness (QED) is 0.598. The van der Waals surface area contributed by atoms with E-state index in [2.05, 4.69) is 23.7 Å². The first-order chi connectivity index (χ1) is 4.88. The van der Waals surface area contributed by atoms with Crippen LogP contribution in [0.3, 0.4) is 0 Å². The first-order valence-electron chi connectivity index (χ1n) is 4.16. The van der Waals surface area contributed by atoms with Crippen molar-refractivity contribution in [3.8, 4) is 0 Å². The summed E-state index contributed by atoms with van der Waals surface area (Å²) >= 11 is 0. The molecular weight excluding hydrogens is 136 g/mol. The molecule has 0 aromatic carbocycles. The zero-order valence-corrected chi connectivity index (χ0v) is 6.93. The molecule has 0 aromatic heterocycles. The molecule has 1 rings (SSSR count). The molecule has 0 radical (unpaired) electrons. The summed E-state index contributed by atoms with van der Waals surface area (Å²) in [5.41, 5.74) is 0. The standard InChI is InChI=1S/C8H16N2.CH4/c1-3-8-9-6-5-7-10(8)4-2;/h3-7H2,1-2H3;1H4. The van der Waals surface area contributed by atoms with Crippen molar-refractivity contribution in [3.05, 3.63) is 0 Å². The van der Waals surface area contributed by atoms with Crippen LogP contribution >= 0.6 is 0 Å². The minimum Gasteiger partial charge on any atom is -0.361 e. The highest BCUT2D eigenvalue weighted by Crippen LogP contribution is 2.04. The molecule has 0 aliphatic carbocycles. The van der Waals surface area contributed by atoms with Crippen molar-refractivity contribution in [3.63, 3.8) is 0 Å². The molecule has 0 atom stereocenters. The molecule has 0 saturated carbocycles. The molecular formula is C9H20N2. The summed E-state index contributed by atoms with van der Waals surface area (Å²) in [7, 11) is 0. The molecule has 0 spiro atoms. The fraction of sp³-hybridized carbons (Fsp3) is 0.889. The summed E-state index contributed by atoms with van der Waals surface area (Å²) < 4.78 is 0. The molecule has 0 aromatic rings. The van der Waals surface area contributed by atoms with E-state index in [0.717, 1.165) is 19.5 Å². The van der Waals surface area contributed by atoms with Gasteiger partial charge < -0.3 is 4.90 Å². The van der Waals surface area contributed by atoms with Gasteiger partial charge in [0.15, 0.2) is 0 Å². The first kappa shape index (κ1) is 10.5. The lowest BCUT2D eigenvalue weighted by Crippen LogP contribution is -2.34. The first-order valence-corrected chi connectivity index (χ1v) is 4.16. The van der Waals surface area contributed by atoms with Crippen LogP contribution in [0.1, 0.15) is 34.1 Å². The predicted octanol–water partition coefficient (Wildman–Crippen LogP) is 2.16. The Hall–Kier alpha value is -0.530. The lowest BCUT2D eigenvalue weighted by Gasteiger charge is -2.27. The Bertz CT molecular complexity index is 130. The maximum absolute atomic E-state index is 4.44. The molecule has 11 heavy (non-hydrogen) atoms. The van der Waals surface area contributed by atoms with Gasteiger partial charge in [-0.1, -0.05) is 14.4 Å². The van der Waals surface area contributed by atoms with E-state index in [1.54, 1.807) is 0 Å². The van der Waals surface area contributed by atoms with E-state index in [1.807, 2.05) is 0 Å². The molecule has 66 valence electrons. The second kappa shape index (κ2) is 5.16. The van der Waals surface area contributed by atoms with Crippen LogP contribution in [0.15, 0.2) is 4.99 Å². The molecule has 0 N–H and O–H groups in total. The maximum Gasteiger partial charge on any atom is 0.0986 e. The van der Waals surface area contributed by atoms with E-state index in [1.165, 1.54) is 18.8 Å². The molecule has 2 heteroatoms. The monoisotopic (exact) mass is 156 g/mol. The van der Waals surface area contributed by atoms with Crippen molar-refractivity contribution in [2.24, 2.45) is 4.99 Å². The number of rotatable bonds is 2. The third-order valence-electron chi connectivity index (χ3n) is 1.94.